The molecule has 1 amide bonds. The molecule has 0 unspecified atom stereocenters. The van der Waals surface area contributed by atoms with E-state index in [1.165, 1.54) is 11.3 Å². The predicted molar refractivity (Wildman–Crippen MR) is 73.6 cm³/mol. The molecule has 4 heteroatoms. The van der Waals surface area contributed by atoms with Gasteiger partial charge in [-0.1, -0.05) is 12.1 Å². The van der Waals surface area contributed by atoms with Crippen molar-refractivity contribution in [3.63, 3.8) is 0 Å². The van der Waals surface area contributed by atoms with Crippen LogP contribution in [0.25, 0.3) is 0 Å². The van der Waals surface area contributed by atoms with Gasteiger partial charge in [0.2, 0.25) is 5.91 Å². The summed E-state index contributed by atoms with van der Waals surface area (Å²) in [6.07, 6.45) is 0. The summed E-state index contributed by atoms with van der Waals surface area (Å²) in [5, 5.41) is 3.13. The van der Waals surface area contributed by atoms with Crippen molar-refractivity contribution < 1.29 is 4.79 Å². The SMILES string of the molecule is CN(Cc1ccc(N(C)C)cc1)C(=O)C1CNC1. The summed E-state index contributed by atoms with van der Waals surface area (Å²) < 4.78 is 0. The molecular weight excluding hydrogens is 226 g/mol. The standard InChI is InChI=1S/C14H21N3O/c1-16(2)13-6-4-11(5-7-13)10-17(3)14(18)12-8-15-9-12/h4-7,12,15H,8-10H2,1-3H3. The van der Waals surface area contributed by atoms with Crippen molar-refractivity contribution in [2.24, 2.45) is 5.92 Å². The van der Waals surface area contributed by atoms with Gasteiger partial charge in [0.15, 0.2) is 0 Å². The molecule has 0 saturated carbocycles. The van der Waals surface area contributed by atoms with Crippen molar-refractivity contribution in [2.45, 2.75) is 6.54 Å². The Labute approximate surface area is 109 Å². The van der Waals surface area contributed by atoms with E-state index < -0.39 is 0 Å². The molecule has 0 aliphatic carbocycles. The van der Waals surface area contributed by atoms with Gasteiger partial charge in [0.05, 0.1) is 5.92 Å². The Kier molecular flexibility index (Phi) is 3.87. The fourth-order valence-electron chi connectivity index (χ4n) is 2.03. The molecule has 2 rings (SSSR count). The molecule has 0 bridgehead atoms. The molecule has 1 aromatic carbocycles. The van der Waals surface area contributed by atoms with Gasteiger partial charge < -0.3 is 15.1 Å². The zero-order valence-corrected chi connectivity index (χ0v) is 11.3. The summed E-state index contributed by atoms with van der Waals surface area (Å²) in [5.41, 5.74) is 2.35. The van der Waals surface area contributed by atoms with Gasteiger partial charge in [-0.15, -0.1) is 0 Å². The molecule has 1 saturated heterocycles. The van der Waals surface area contributed by atoms with E-state index in [4.69, 9.17) is 0 Å². The molecule has 1 aliphatic heterocycles. The van der Waals surface area contributed by atoms with E-state index in [9.17, 15) is 4.79 Å². The first-order valence-corrected chi connectivity index (χ1v) is 6.30. The Morgan fingerprint density at radius 1 is 1.22 bits per heavy atom. The van der Waals surface area contributed by atoms with Crippen LogP contribution in [-0.2, 0) is 11.3 Å². The number of benzene rings is 1. The summed E-state index contributed by atoms with van der Waals surface area (Å²) in [4.78, 5) is 15.9. The summed E-state index contributed by atoms with van der Waals surface area (Å²) in [6, 6.07) is 8.33. The van der Waals surface area contributed by atoms with E-state index in [0.717, 1.165) is 13.1 Å². The minimum atomic E-state index is 0.177. The van der Waals surface area contributed by atoms with Gasteiger partial charge in [-0.05, 0) is 17.7 Å². The lowest BCUT2D eigenvalue weighted by Crippen LogP contribution is -2.50. The number of hydrogen-bond acceptors (Lipinski definition) is 3. The molecule has 4 nitrogen and oxygen atoms in total. The number of amides is 1. The van der Waals surface area contributed by atoms with Crippen molar-refractivity contribution in [2.75, 3.05) is 39.1 Å². The first-order valence-electron chi connectivity index (χ1n) is 6.30. The largest absolute Gasteiger partial charge is 0.378 e. The number of nitrogens with zero attached hydrogens (tertiary/aromatic N) is 2. The van der Waals surface area contributed by atoms with Gasteiger partial charge in [0, 0.05) is 46.5 Å². The minimum absolute atomic E-state index is 0.177. The molecule has 1 fully saturated rings. The Hall–Kier alpha value is -1.55. The molecule has 18 heavy (non-hydrogen) atoms. The smallest absolute Gasteiger partial charge is 0.228 e. The number of nitrogens with one attached hydrogen (secondary N) is 1. The summed E-state index contributed by atoms with van der Waals surface area (Å²) >= 11 is 0. The Balaban J connectivity index is 1.93. The normalized spacial score (nSPS) is 15.1. The number of hydrogen-bond donors (Lipinski definition) is 1. The van der Waals surface area contributed by atoms with Crippen LogP contribution in [0.15, 0.2) is 24.3 Å². The van der Waals surface area contributed by atoms with Gasteiger partial charge in [-0.25, -0.2) is 0 Å². The second-order valence-electron chi connectivity index (χ2n) is 5.11. The van der Waals surface area contributed by atoms with Crippen molar-refractivity contribution in [3.05, 3.63) is 29.8 Å². The van der Waals surface area contributed by atoms with Crippen molar-refractivity contribution in [1.29, 1.82) is 0 Å². The molecule has 98 valence electrons. The lowest BCUT2D eigenvalue weighted by Gasteiger charge is -2.30. The van der Waals surface area contributed by atoms with E-state index in [1.54, 1.807) is 0 Å². The van der Waals surface area contributed by atoms with Crippen LogP contribution in [0.4, 0.5) is 5.69 Å². The molecule has 1 N–H and O–H groups in total. The first-order chi connectivity index (χ1) is 8.58. The molecule has 1 aliphatic rings. The second-order valence-corrected chi connectivity index (χ2v) is 5.11. The topological polar surface area (TPSA) is 35.6 Å². The van der Waals surface area contributed by atoms with Crippen LogP contribution < -0.4 is 10.2 Å². The van der Waals surface area contributed by atoms with Gasteiger partial charge in [0.25, 0.3) is 0 Å². The van der Waals surface area contributed by atoms with Crippen LogP contribution in [0.1, 0.15) is 5.56 Å². The molecular formula is C14H21N3O. The highest BCUT2D eigenvalue weighted by Crippen LogP contribution is 2.15. The minimum Gasteiger partial charge on any atom is -0.378 e. The van der Waals surface area contributed by atoms with Crippen molar-refractivity contribution in [3.8, 4) is 0 Å². The monoisotopic (exact) mass is 247 g/mol. The highest BCUT2D eigenvalue weighted by Gasteiger charge is 2.27. The highest BCUT2D eigenvalue weighted by molar-refractivity contribution is 5.79. The quantitative estimate of drug-likeness (QED) is 0.860. The zero-order chi connectivity index (χ0) is 13.1. The van der Waals surface area contributed by atoms with Crippen LogP contribution in [0.5, 0.6) is 0 Å². The Bertz CT molecular complexity index is 410. The van der Waals surface area contributed by atoms with Crippen LogP contribution in [-0.4, -0.2) is 45.0 Å². The third-order valence-corrected chi connectivity index (χ3v) is 3.38. The maximum atomic E-state index is 12.0. The average Bonchev–Trinajstić information content (AvgIpc) is 2.27. The number of rotatable bonds is 4. The number of anilines is 1. The van der Waals surface area contributed by atoms with Gasteiger partial charge >= 0.3 is 0 Å². The molecule has 1 aromatic rings. The van der Waals surface area contributed by atoms with Gasteiger partial charge in [0.1, 0.15) is 0 Å². The first kappa shape index (κ1) is 12.9. The lowest BCUT2D eigenvalue weighted by atomic mass is 10.0. The van der Waals surface area contributed by atoms with E-state index in [2.05, 4.69) is 34.5 Å². The maximum Gasteiger partial charge on any atom is 0.228 e. The zero-order valence-electron chi connectivity index (χ0n) is 11.3. The third-order valence-electron chi connectivity index (χ3n) is 3.38. The number of carbonyl (C=O) groups is 1. The Morgan fingerprint density at radius 2 is 1.83 bits per heavy atom. The van der Waals surface area contributed by atoms with Gasteiger partial charge in [-0.3, -0.25) is 4.79 Å². The molecule has 0 radical (unpaired) electrons. The molecule has 0 aromatic heterocycles. The predicted octanol–water partition coefficient (Wildman–Crippen LogP) is 0.930. The summed E-state index contributed by atoms with van der Waals surface area (Å²) in [5.74, 6) is 0.418. The van der Waals surface area contributed by atoms with E-state index in [-0.39, 0.29) is 11.8 Å². The lowest BCUT2D eigenvalue weighted by molar-refractivity contribution is -0.136. The van der Waals surface area contributed by atoms with Crippen LogP contribution in [0.2, 0.25) is 0 Å². The van der Waals surface area contributed by atoms with Crippen molar-refractivity contribution in [1.82, 2.24) is 10.2 Å². The highest BCUT2D eigenvalue weighted by atomic mass is 16.2. The molecule has 0 atom stereocenters. The van der Waals surface area contributed by atoms with Crippen LogP contribution in [0, 0.1) is 5.92 Å². The van der Waals surface area contributed by atoms with Crippen molar-refractivity contribution >= 4 is 11.6 Å². The second kappa shape index (κ2) is 5.40. The Morgan fingerprint density at radius 3 is 2.28 bits per heavy atom. The fraction of sp³-hybridized carbons (Fsp3) is 0.500. The molecule has 1 heterocycles. The maximum absolute atomic E-state index is 12.0. The average molecular weight is 247 g/mol. The third kappa shape index (κ3) is 2.82. The summed E-state index contributed by atoms with van der Waals surface area (Å²) in [6.45, 7) is 2.33. The van der Waals surface area contributed by atoms with E-state index in [1.807, 2.05) is 26.0 Å². The van der Waals surface area contributed by atoms with Crippen LogP contribution >= 0.6 is 0 Å². The van der Waals surface area contributed by atoms with Gasteiger partial charge in [-0.2, -0.15) is 0 Å². The van der Waals surface area contributed by atoms with Crippen LogP contribution in [0.3, 0.4) is 0 Å². The van der Waals surface area contributed by atoms with E-state index >= 15 is 0 Å². The van der Waals surface area contributed by atoms with E-state index in [0.29, 0.717) is 6.54 Å². The summed E-state index contributed by atoms with van der Waals surface area (Å²) in [7, 11) is 5.92. The fourth-order valence-corrected chi connectivity index (χ4v) is 2.03. The number of carbonyl (C=O) groups excluding carboxylic acids is 1. The molecule has 0 spiro atoms.